The van der Waals surface area contributed by atoms with Crippen molar-refractivity contribution in [3.05, 3.63) is 63.9 Å². The molecule has 2 aromatic rings. The van der Waals surface area contributed by atoms with Crippen LogP contribution in [0.2, 0.25) is 0 Å². The normalized spacial score (nSPS) is 19.2. The van der Waals surface area contributed by atoms with Crippen LogP contribution in [0, 0.1) is 0 Å². The van der Waals surface area contributed by atoms with Crippen LogP contribution in [-0.2, 0) is 6.42 Å². The van der Waals surface area contributed by atoms with Gasteiger partial charge in [0.05, 0.1) is 0 Å². The zero-order chi connectivity index (χ0) is 13.2. The van der Waals surface area contributed by atoms with Crippen molar-refractivity contribution >= 4 is 15.9 Å². The molecule has 2 nitrogen and oxygen atoms in total. The third kappa shape index (κ3) is 2.58. The first kappa shape index (κ1) is 12.8. The van der Waals surface area contributed by atoms with Crippen LogP contribution in [-0.4, -0.2) is 4.98 Å². The Morgan fingerprint density at radius 2 is 2.21 bits per heavy atom. The van der Waals surface area contributed by atoms with E-state index in [1.165, 1.54) is 27.6 Å². The van der Waals surface area contributed by atoms with Crippen LogP contribution in [0.1, 0.15) is 42.1 Å². The number of hydrogen-bond donors (Lipinski definition) is 1. The van der Waals surface area contributed by atoms with Gasteiger partial charge >= 0.3 is 0 Å². The van der Waals surface area contributed by atoms with Crippen LogP contribution in [0.5, 0.6) is 0 Å². The van der Waals surface area contributed by atoms with Gasteiger partial charge in [0, 0.05) is 29.0 Å². The highest BCUT2D eigenvalue weighted by molar-refractivity contribution is 9.10. The Bertz CT molecular complexity index is 568. The lowest BCUT2D eigenvalue weighted by molar-refractivity contribution is 0.464. The maximum atomic E-state index is 4.19. The summed E-state index contributed by atoms with van der Waals surface area (Å²) in [5.74, 6) is 0. The van der Waals surface area contributed by atoms with Gasteiger partial charge in [-0.3, -0.25) is 4.98 Å². The van der Waals surface area contributed by atoms with Gasteiger partial charge in [0.2, 0.25) is 0 Å². The minimum atomic E-state index is 0.323. The van der Waals surface area contributed by atoms with Gasteiger partial charge in [-0.05, 0) is 48.6 Å². The second kappa shape index (κ2) is 5.43. The second-order valence-corrected chi connectivity index (χ2v) is 5.93. The van der Waals surface area contributed by atoms with E-state index >= 15 is 0 Å². The summed E-state index contributed by atoms with van der Waals surface area (Å²) >= 11 is 3.65. The fraction of sp³-hybridized carbons (Fsp3) is 0.312. The molecule has 0 amide bonds. The van der Waals surface area contributed by atoms with Crippen LogP contribution in [0.3, 0.4) is 0 Å². The molecule has 0 aliphatic heterocycles. The quantitative estimate of drug-likeness (QED) is 0.918. The largest absolute Gasteiger partial charge is 0.303 e. The lowest BCUT2D eigenvalue weighted by Gasteiger charge is -2.20. The maximum Gasteiger partial charge on any atom is 0.0332 e. The molecule has 3 rings (SSSR count). The molecular formula is C16H17BrN2. The second-order valence-electron chi connectivity index (χ2n) is 5.07. The van der Waals surface area contributed by atoms with Crippen LogP contribution in [0.4, 0.5) is 0 Å². The van der Waals surface area contributed by atoms with Gasteiger partial charge < -0.3 is 5.32 Å². The minimum Gasteiger partial charge on any atom is -0.303 e. The molecule has 1 N–H and O–H groups in total. The number of pyridine rings is 1. The molecule has 1 aliphatic carbocycles. The van der Waals surface area contributed by atoms with Crippen molar-refractivity contribution in [2.24, 2.45) is 0 Å². The average molecular weight is 317 g/mol. The van der Waals surface area contributed by atoms with Gasteiger partial charge in [0.1, 0.15) is 0 Å². The predicted molar refractivity (Wildman–Crippen MR) is 81.0 cm³/mol. The first-order chi connectivity index (χ1) is 9.25. The highest BCUT2D eigenvalue weighted by Gasteiger charge is 2.25. The molecule has 3 heteroatoms. The first-order valence-corrected chi connectivity index (χ1v) is 7.48. The number of aromatic nitrogens is 1. The van der Waals surface area contributed by atoms with Gasteiger partial charge in [-0.2, -0.15) is 0 Å². The zero-order valence-electron chi connectivity index (χ0n) is 10.9. The fourth-order valence-corrected chi connectivity index (χ4v) is 3.39. The number of hydrogen-bond acceptors (Lipinski definition) is 2. The number of nitrogens with one attached hydrogen (secondary N) is 1. The lowest BCUT2D eigenvalue weighted by atomic mass is 10.1. The van der Waals surface area contributed by atoms with Gasteiger partial charge in [-0.25, -0.2) is 0 Å². The third-order valence-corrected chi connectivity index (χ3v) is 4.59. The fourth-order valence-electron chi connectivity index (χ4n) is 2.81. The summed E-state index contributed by atoms with van der Waals surface area (Å²) < 4.78 is 1.24. The molecular weight excluding hydrogens is 300 g/mol. The Hall–Kier alpha value is -1.19. The van der Waals surface area contributed by atoms with Crippen LogP contribution in [0.15, 0.2) is 47.2 Å². The zero-order valence-corrected chi connectivity index (χ0v) is 12.5. The van der Waals surface area contributed by atoms with Gasteiger partial charge in [-0.15, -0.1) is 0 Å². The summed E-state index contributed by atoms with van der Waals surface area (Å²) in [5.41, 5.74) is 4.13. The molecule has 98 valence electrons. The van der Waals surface area contributed by atoms with Gasteiger partial charge in [0.15, 0.2) is 0 Å². The minimum absolute atomic E-state index is 0.323. The van der Waals surface area contributed by atoms with E-state index in [4.69, 9.17) is 0 Å². The number of fused-ring (bicyclic) bond motifs is 1. The molecule has 0 saturated heterocycles. The molecule has 19 heavy (non-hydrogen) atoms. The monoisotopic (exact) mass is 316 g/mol. The Morgan fingerprint density at radius 3 is 3.00 bits per heavy atom. The molecule has 1 aliphatic rings. The average Bonchev–Trinajstić information content (AvgIpc) is 2.84. The number of rotatable bonds is 3. The SMILES string of the molecule is C[C@@H](NC1CCc2c(Br)cccc21)c1cccnc1. The molecule has 1 aromatic heterocycles. The summed E-state index contributed by atoms with van der Waals surface area (Å²) in [5, 5.41) is 3.72. The summed E-state index contributed by atoms with van der Waals surface area (Å²) in [7, 11) is 0. The predicted octanol–water partition coefficient (Wildman–Crippen LogP) is 4.18. The van der Waals surface area contributed by atoms with Crippen molar-refractivity contribution < 1.29 is 0 Å². The Balaban J connectivity index is 1.78. The topological polar surface area (TPSA) is 24.9 Å². The van der Waals surface area contributed by atoms with Crippen LogP contribution < -0.4 is 5.32 Å². The molecule has 0 fully saturated rings. The Labute approximate surface area is 122 Å². The van der Waals surface area contributed by atoms with Crippen LogP contribution >= 0.6 is 15.9 Å². The van der Waals surface area contributed by atoms with Crippen molar-refractivity contribution in [3.8, 4) is 0 Å². The van der Waals surface area contributed by atoms with E-state index in [2.05, 4.69) is 57.4 Å². The summed E-state index contributed by atoms with van der Waals surface area (Å²) in [4.78, 5) is 4.19. The highest BCUT2D eigenvalue weighted by Crippen LogP contribution is 2.36. The molecule has 1 unspecified atom stereocenters. The van der Waals surface area contributed by atoms with E-state index in [0.717, 1.165) is 6.42 Å². The van der Waals surface area contributed by atoms with E-state index in [9.17, 15) is 0 Å². The van der Waals surface area contributed by atoms with E-state index in [1.54, 1.807) is 0 Å². The molecule has 0 spiro atoms. The lowest BCUT2D eigenvalue weighted by Crippen LogP contribution is -2.23. The molecule has 2 atom stereocenters. The molecule has 0 saturated carbocycles. The molecule has 1 aromatic carbocycles. The summed E-state index contributed by atoms with van der Waals surface area (Å²) in [6.07, 6.45) is 6.07. The molecule has 0 bridgehead atoms. The smallest absolute Gasteiger partial charge is 0.0332 e. The van der Waals surface area contributed by atoms with Crippen molar-refractivity contribution in [1.82, 2.24) is 10.3 Å². The molecule has 0 radical (unpaired) electrons. The van der Waals surface area contributed by atoms with Crippen molar-refractivity contribution in [1.29, 1.82) is 0 Å². The van der Waals surface area contributed by atoms with Gasteiger partial charge in [0.25, 0.3) is 0 Å². The standard InChI is InChI=1S/C16H17BrN2/c1-11(12-4-3-9-18-10-12)19-16-8-7-13-14(16)5-2-6-15(13)17/h2-6,9-11,16,19H,7-8H2,1H3/t11-,16?/m1/s1. The van der Waals surface area contributed by atoms with Crippen molar-refractivity contribution in [2.75, 3.05) is 0 Å². The number of benzene rings is 1. The molecule has 1 heterocycles. The van der Waals surface area contributed by atoms with E-state index in [-0.39, 0.29) is 0 Å². The number of halogens is 1. The third-order valence-electron chi connectivity index (χ3n) is 3.85. The highest BCUT2D eigenvalue weighted by atomic mass is 79.9. The van der Waals surface area contributed by atoms with E-state index in [0.29, 0.717) is 12.1 Å². The van der Waals surface area contributed by atoms with E-state index < -0.39 is 0 Å². The van der Waals surface area contributed by atoms with Crippen LogP contribution in [0.25, 0.3) is 0 Å². The number of nitrogens with zero attached hydrogens (tertiary/aromatic N) is 1. The summed E-state index contributed by atoms with van der Waals surface area (Å²) in [6.45, 7) is 2.20. The van der Waals surface area contributed by atoms with Crippen molar-refractivity contribution in [2.45, 2.75) is 31.8 Å². The summed E-state index contributed by atoms with van der Waals surface area (Å²) in [6, 6.07) is 11.4. The Kier molecular flexibility index (Phi) is 3.67. The van der Waals surface area contributed by atoms with Crippen molar-refractivity contribution in [3.63, 3.8) is 0 Å². The van der Waals surface area contributed by atoms with Gasteiger partial charge in [-0.1, -0.05) is 34.1 Å². The Morgan fingerprint density at radius 1 is 1.32 bits per heavy atom. The maximum absolute atomic E-state index is 4.19. The van der Waals surface area contributed by atoms with E-state index in [1.807, 2.05) is 18.5 Å². The first-order valence-electron chi connectivity index (χ1n) is 6.69.